The highest BCUT2D eigenvalue weighted by Crippen LogP contribution is 2.23. The maximum Gasteiger partial charge on any atom is 0.471 e. The molecule has 0 aromatic rings. The fourth-order valence-corrected chi connectivity index (χ4v) is 2.99. The Balaban J connectivity index is 4.21. The van der Waals surface area contributed by atoms with Gasteiger partial charge in [-0.1, -0.05) is 21.6 Å². The van der Waals surface area contributed by atoms with Gasteiger partial charge in [0.25, 0.3) is 0 Å². The average molecular weight is 336 g/mol. The van der Waals surface area contributed by atoms with E-state index in [1.807, 2.05) is 0 Å². The van der Waals surface area contributed by atoms with Crippen molar-refractivity contribution in [3.05, 3.63) is 0 Å². The molecule has 7 nitrogen and oxygen atoms in total. The molecule has 0 radical (unpaired) electrons. The first-order valence-corrected chi connectivity index (χ1v) is 7.37. The Kier molecular flexibility index (Phi) is 7.75. The van der Waals surface area contributed by atoms with Crippen molar-refractivity contribution >= 4 is 39.4 Å². The smallest absolute Gasteiger partial charge is 0.471 e. The lowest BCUT2D eigenvalue weighted by Crippen LogP contribution is -2.48. The lowest BCUT2D eigenvalue weighted by atomic mass is 10.3. The summed E-state index contributed by atoms with van der Waals surface area (Å²) in [5.41, 5.74) is 5.16. The third-order valence-corrected chi connectivity index (χ3v) is 4.19. The van der Waals surface area contributed by atoms with Crippen LogP contribution in [0.2, 0.25) is 0 Å². The van der Waals surface area contributed by atoms with Gasteiger partial charge in [-0.2, -0.15) is 13.2 Å². The van der Waals surface area contributed by atoms with Crippen LogP contribution in [0.1, 0.15) is 0 Å². The molecular weight excluding hydrogens is 325 g/mol. The quantitative estimate of drug-likeness (QED) is 0.357. The molecule has 1 amide bonds. The van der Waals surface area contributed by atoms with Gasteiger partial charge in [-0.3, -0.25) is 9.59 Å². The van der Waals surface area contributed by atoms with Gasteiger partial charge in [0.1, 0.15) is 12.1 Å². The van der Waals surface area contributed by atoms with Crippen molar-refractivity contribution in [1.82, 2.24) is 5.32 Å². The van der Waals surface area contributed by atoms with Gasteiger partial charge < -0.3 is 21.3 Å². The lowest BCUT2D eigenvalue weighted by molar-refractivity contribution is -0.175. The Morgan fingerprint density at radius 1 is 1.10 bits per heavy atom. The second-order valence-electron chi connectivity index (χ2n) is 3.38. The highest BCUT2D eigenvalue weighted by Gasteiger charge is 2.40. The van der Waals surface area contributed by atoms with Crippen LogP contribution in [0.25, 0.3) is 0 Å². The molecule has 0 heterocycles. The van der Waals surface area contributed by atoms with Crippen molar-refractivity contribution in [3.63, 3.8) is 0 Å². The summed E-state index contributed by atoms with van der Waals surface area (Å²) < 4.78 is 35.9. The van der Waals surface area contributed by atoms with Gasteiger partial charge in [0, 0.05) is 11.5 Å². The van der Waals surface area contributed by atoms with E-state index in [0.29, 0.717) is 0 Å². The van der Waals surface area contributed by atoms with Crippen molar-refractivity contribution in [2.24, 2.45) is 5.73 Å². The van der Waals surface area contributed by atoms with E-state index in [1.54, 1.807) is 0 Å². The first kappa shape index (κ1) is 18.9. The highest BCUT2D eigenvalue weighted by molar-refractivity contribution is 8.76. The summed E-state index contributed by atoms with van der Waals surface area (Å²) in [7, 11) is 1.68. The van der Waals surface area contributed by atoms with Gasteiger partial charge in [0.15, 0.2) is 0 Å². The number of amides is 1. The molecule has 0 spiro atoms. The second-order valence-corrected chi connectivity index (χ2v) is 5.93. The molecule has 0 bridgehead atoms. The number of hydrogen-bond donors (Lipinski definition) is 4. The molecule has 116 valence electrons. The Bertz CT molecular complexity index is 380. The van der Waals surface area contributed by atoms with E-state index >= 15 is 0 Å². The van der Waals surface area contributed by atoms with E-state index in [0.717, 1.165) is 21.6 Å². The number of carboxylic acids is 2. The largest absolute Gasteiger partial charge is 0.480 e. The van der Waals surface area contributed by atoms with Gasteiger partial charge in [0.2, 0.25) is 0 Å². The van der Waals surface area contributed by atoms with Crippen molar-refractivity contribution in [3.8, 4) is 0 Å². The van der Waals surface area contributed by atoms with Crippen LogP contribution >= 0.6 is 21.6 Å². The van der Waals surface area contributed by atoms with E-state index in [1.165, 1.54) is 5.32 Å². The first-order valence-electron chi connectivity index (χ1n) is 4.89. The van der Waals surface area contributed by atoms with Crippen molar-refractivity contribution < 1.29 is 37.8 Å². The molecule has 0 rings (SSSR count). The molecule has 12 heteroatoms. The summed E-state index contributed by atoms with van der Waals surface area (Å²) in [4.78, 5) is 31.6. The number of hydrogen-bond acceptors (Lipinski definition) is 6. The molecule has 0 aromatic carbocycles. The van der Waals surface area contributed by atoms with E-state index < -0.39 is 36.1 Å². The zero-order valence-electron chi connectivity index (χ0n) is 9.72. The SMILES string of the molecule is NC(CSSC[C@H](NC(=O)C(F)(F)F)C(=O)O)C(=O)O. The number of halogens is 3. The van der Waals surface area contributed by atoms with Crippen LogP contribution in [-0.2, 0) is 14.4 Å². The number of rotatable bonds is 8. The average Bonchev–Trinajstić information content (AvgIpc) is 2.30. The maximum absolute atomic E-state index is 12.0. The Hall–Kier alpha value is -1.14. The van der Waals surface area contributed by atoms with Gasteiger partial charge in [-0.05, 0) is 0 Å². The Morgan fingerprint density at radius 3 is 2.00 bits per heavy atom. The number of nitrogens with two attached hydrogens (primary N) is 1. The summed E-state index contributed by atoms with van der Waals surface area (Å²) in [5, 5.41) is 18.4. The number of nitrogens with one attached hydrogen (secondary N) is 1. The van der Waals surface area contributed by atoms with Crippen molar-refractivity contribution in [2.45, 2.75) is 18.3 Å². The summed E-state index contributed by atoms with van der Waals surface area (Å²) in [6.07, 6.45) is -5.17. The monoisotopic (exact) mass is 336 g/mol. The van der Waals surface area contributed by atoms with Crippen LogP contribution in [0.15, 0.2) is 0 Å². The van der Waals surface area contributed by atoms with E-state index in [4.69, 9.17) is 15.9 Å². The van der Waals surface area contributed by atoms with Crippen molar-refractivity contribution in [2.75, 3.05) is 11.5 Å². The van der Waals surface area contributed by atoms with E-state index in [2.05, 4.69) is 0 Å². The molecule has 0 saturated heterocycles. The van der Waals surface area contributed by atoms with Crippen LogP contribution in [0.3, 0.4) is 0 Å². The maximum atomic E-state index is 12.0. The Labute approximate surface area is 118 Å². The third kappa shape index (κ3) is 7.45. The van der Waals surface area contributed by atoms with Gasteiger partial charge >= 0.3 is 24.0 Å². The number of alkyl halides is 3. The van der Waals surface area contributed by atoms with Crippen LogP contribution < -0.4 is 11.1 Å². The minimum Gasteiger partial charge on any atom is -0.480 e. The Morgan fingerprint density at radius 2 is 1.60 bits per heavy atom. The molecule has 0 aliphatic carbocycles. The predicted molar refractivity (Wildman–Crippen MR) is 66.1 cm³/mol. The minimum atomic E-state index is -5.17. The lowest BCUT2D eigenvalue weighted by Gasteiger charge is -2.15. The number of carbonyl (C=O) groups is 3. The summed E-state index contributed by atoms with van der Waals surface area (Å²) in [6, 6.07) is -2.90. The second kappa shape index (κ2) is 8.21. The fourth-order valence-electron chi connectivity index (χ4n) is 0.724. The predicted octanol–water partition coefficient (Wildman–Crippen LogP) is -0.0886. The topological polar surface area (TPSA) is 130 Å². The molecule has 5 N–H and O–H groups in total. The van der Waals surface area contributed by atoms with Crippen LogP contribution in [0.5, 0.6) is 0 Å². The first-order chi connectivity index (χ1) is 9.05. The highest BCUT2D eigenvalue weighted by atomic mass is 33.1. The number of aliphatic carboxylic acids is 2. The third-order valence-electron chi connectivity index (χ3n) is 1.74. The molecule has 2 atom stereocenters. The molecule has 0 fully saturated rings. The van der Waals surface area contributed by atoms with Gasteiger partial charge in [-0.15, -0.1) is 0 Å². The van der Waals surface area contributed by atoms with Gasteiger partial charge in [-0.25, -0.2) is 4.79 Å². The zero-order chi connectivity index (χ0) is 15.9. The van der Waals surface area contributed by atoms with Crippen molar-refractivity contribution in [1.29, 1.82) is 0 Å². The molecule has 20 heavy (non-hydrogen) atoms. The summed E-state index contributed by atoms with van der Waals surface area (Å²) >= 11 is 0. The minimum absolute atomic E-state index is 0.0560. The molecule has 0 saturated carbocycles. The van der Waals surface area contributed by atoms with Crippen LogP contribution in [0.4, 0.5) is 13.2 Å². The molecule has 0 aromatic heterocycles. The fraction of sp³-hybridized carbons (Fsp3) is 0.625. The van der Waals surface area contributed by atoms with Gasteiger partial charge in [0.05, 0.1) is 0 Å². The molecule has 1 unspecified atom stereocenters. The molecular formula is C8H11F3N2O5S2. The summed E-state index contributed by atoms with van der Waals surface area (Å²) in [6.45, 7) is 0. The normalized spacial score (nSPS) is 14.4. The summed E-state index contributed by atoms with van der Waals surface area (Å²) in [5.74, 6) is -5.65. The zero-order valence-corrected chi connectivity index (χ0v) is 11.3. The van der Waals surface area contributed by atoms with Crippen LogP contribution in [-0.4, -0.2) is 57.8 Å². The molecule has 0 aliphatic heterocycles. The molecule has 0 aliphatic rings. The number of carbonyl (C=O) groups excluding carboxylic acids is 1. The number of carboxylic acid groups (broad SMARTS) is 2. The van der Waals surface area contributed by atoms with E-state index in [9.17, 15) is 27.6 Å². The van der Waals surface area contributed by atoms with E-state index in [-0.39, 0.29) is 11.5 Å². The standard InChI is InChI=1S/C8H11F3N2O5S2/c9-8(10,11)7(18)13-4(6(16)17)2-20-19-1-3(12)5(14)15/h3-4H,1-2,12H2,(H,13,18)(H,14,15)(H,16,17)/t3?,4-/m0/s1. The van der Waals surface area contributed by atoms with Crippen LogP contribution in [0, 0.1) is 0 Å².